The number of aromatic nitrogens is 2. The lowest BCUT2D eigenvalue weighted by Gasteiger charge is -2.03. The van der Waals surface area contributed by atoms with E-state index in [2.05, 4.69) is 31.1 Å². The quantitative estimate of drug-likeness (QED) is 0.721. The normalized spacial score (nSPS) is 11.0. The van der Waals surface area contributed by atoms with Gasteiger partial charge in [0.05, 0.1) is 11.3 Å². The van der Waals surface area contributed by atoms with E-state index in [9.17, 15) is 4.79 Å². The maximum atomic E-state index is 13.1. The fourth-order valence-electron chi connectivity index (χ4n) is 2.98. The van der Waals surface area contributed by atoms with Crippen molar-refractivity contribution < 1.29 is 0 Å². The first-order valence-electron chi connectivity index (χ1n) is 8.58. The Morgan fingerprint density at radius 1 is 1.00 bits per heavy atom. The van der Waals surface area contributed by atoms with Crippen LogP contribution in [0.3, 0.4) is 0 Å². The van der Waals surface area contributed by atoms with Crippen LogP contribution in [0.2, 0.25) is 0 Å². The summed E-state index contributed by atoms with van der Waals surface area (Å²) in [4.78, 5) is 13.1. The Kier molecular flexibility index (Phi) is 4.70. The van der Waals surface area contributed by atoms with E-state index in [1.165, 1.54) is 5.56 Å². The van der Waals surface area contributed by atoms with Crippen LogP contribution in [0.25, 0.3) is 16.8 Å². The Balaban J connectivity index is 2.16. The van der Waals surface area contributed by atoms with E-state index in [-0.39, 0.29) is 5.56 Å². The van der Waals surface area contributed by atoms with Crippen LogP contribution >= 0.6 is 0 Å². The summed E-state index contributed by atoms with van der Waals surface area (Å²) in [6, 6.07) is 16.2. The monoisotopic (exact) mass is 320 g/mol. The van der Waals surface area contributed by atoms with Gasteiger partial charge in [-0.05, 0) is 49.9 Å². The smallest absolute Gasteiger partial charge is 0.279 e. The maximum Gasteiger partial charge on any atom is 0.279 e. The molecule has 0 bridgehead atoms. The lowest BCUT2D eigenvalue weighted by Crippen LogP contribution is -2.15. The van der Waals surface area contributed by atoms with Gasteiger partial charge in [-0.3, -0.25) is 9.89 Å². The highest BCUT2D eigenvalue weighted by molar-refractivity contribution is 5.66. The van der Waals surface area contributed by atoms with E-state index in [0.717, 1.165) is 47.3 Å². The molecular weight excluding hydrogens is 296 g/mol. The minimum atomic E-state index is 0.0237. The van der Waals surface area contributed by atoms with Gasteiger partial charge in [-0.15, -0.1) is 0 Å². The molecule has 0 amide bonds. The first-order chi connectivity index (χ1) is 11.6. The SMILES string of the molecule is CCCCc1[nH]n(-c2cccc(C)c2)c(=O)c1-c1ccc(C)cc1. The highest BCUT2D eigenvalue weighted by atomic mass is 16.1. The van der Waals surface area contributed by atoms with Gasteiger partial charge in [0, 0.05) is 5.69 Å². The number of nitrogens with zero attached hydrogens (tertiary/aromatic N) is 1. The van der Waals surface area contributed by atoms with E-state index in [1.807, 2.05) is 43.3 Å². The Morgan fingerprint density at radius 3 is 2.42 bits per heavy atom. The molecule has 124 valence electrons. The molecule has 1 N–H and O–H groups in total. The molecule has 0 saturated carbocycles. The molecule has 3 rings (SSSR count). The summed E-state index contributed by atoms with van der Waals surface area (Å²) in [5.74, 6) is 0. The van der Waals surface area contributed by atoms with Crippen LogP contribution < -0.4 is 5.56 Å². The largest absolute Gasteiger partial charge is 0.294 e. The van der Waals surface area contributed by atoms with E-state index >= 15 is 0 Å². The van der Waals surface area contributed by atoms with Gasteiger partial charge in [0.25, 0.3) is 5.56 Å². The van der Waals surface area contributed by atoms with Crippen LogP contribution in [0.1, 0.15) is 36.6 Å². The lowest BCUT2D eigenvalue weighted by atomic mass is 10.0. The second-order valence-electron chi connectivity index (χ2n) is 6.41. The zero-order valence-electron chi connectivity index (χ0n) is 14.6. The van der Waals surface area contributed by atoms with Crippen molar-refractivity contribution in [1.82, 2.24) is 9.78 Å². The molecule has 3 heteroatoms. The molecule has 0 fully saturated rings. The molecule has 0 unspecified atom stereocenters. The van der Waals surface area contributed by atoms with Crippen molar-refractivity contribution in [2.75, 3.05) is 0 Å². The number of aryl methyl sites for hydroxylation is 3. The van der Waals surface area contributed by atoms with Crippen molar-refractivity contribution in [2.24, 2.45) is 0 Å². The summed E-state index contributed by atoms with van der Waals surface area (Å²) in [6.07, 6.45) is 3.05. The molecule has 0 aliphatic carbocycles. The summed E-state index contributed by atoms with van der Waals surface area (Å²) in [6.45, 7) is 6.27. The predicted octanol–water partition coefficient (Wildman–Crippen LogP) is 4.79. The number of hydrogen-bond acceptors (Lipinski definition) is 1. The fourth-order valence-corrected chi connectivity index (χ4v) is 2.98. The zero-order valence-corrected chi connectivity index (χ0v) is 14.6. The Labute approximate surface area is 143 Å². The third-order valence-electron chi connectivity index (χ3n) is 4.35. The molecule has 24 heavy (non-hydrogen) atoms. The van der Waals surface area contributed by atoms with E-state index in [1.54, 1.807) is 4.68 Å². The first-order valence-corrected chi connectivity index (χ1v) is 8.58. The van der Waals surface area contributed by atoms with Crippen molar-refractivity contribution in [1.29, 1.82) is 0 Å². The van der Waals surface area contributed by atoms with Gasteiger partial charge in [0.2, 0.25) is 0 Å². The molecule has 3 aromatic rings. The average molecular weight is 320 g/mol. The van der Waals surface area contributed by atoms with Gasteiger partial charge >= 0.3 is 0 Å². The number of nitrogens with one attached hydrogen (secondary N) is 1. The minimum Gasteiger partial charge on any atom is -0.294 e. The van der Waals surface area contributed by atoms with Gasteiger partial charge in [-0.2, -0.15) is 0 Å². The van der Waals surface area contributed by atoms with Crippen molar-refractivity contribution in [3.05, 3.63) is 75.7 Å². The number of hydrogen-bond donors (Lipinski definition) is 1. The lowest BCUT2D eigenvalue weighted by molar-refractivity contribution is 0.748. The highest BCUT2D eigenvalue weighted by Gasteiger charge is 2.16. The molecule has 3 nitrogen and oxygen atoms in total. The number of benzene rings is 2. The highest BCUT2D eigenvalue weighted by Crippen LogP contribution is 2.22. The Morgan fingerprint density at radius 2 is 1.75 bits per heavy atom. The topological polar surface area (TPSA) is 37.8 Å². The molecule has 2 aromatic carbocycles. The molecule has 1 heterocycles. The van der Waals surface area contributed by atoms with Crippen LogP contribution in [-0.4, -0.2) is 9.78 Å². The second-order valence-corrected chi connectivity index (χ2v) is 6.41. The van der Waals surface area contributed by atoms with Crippen LogP contribution in [0.15, 0.2) is 53.3 Å². The molecule has 0 spiro atoms. The maximum absolute atomic E-state index is 13.1. The molecule has 0 aliphatic heterocycles. The second kappa shape index (κ2) is 6.91. The van der Waals surface area contributed by atoms with Gasteiger partial charge < -0.3 is 0 Å². The summed E-state index contributed by atoms with van der Waals surface area (Å²) in [7, 11) is 0. The third kappa shape index (κ3) is 3.21. The molecule has 0 radical (unpaired) electrons. The molecule has 0 atom stereocenters. The van der Waals surface area contributed by atoms with Crippen molar-refractivity contribution >= 4 is 0 Å². The van der Waals surface area contributed by atoms with Crippen LogP contribution in [0, 0.1) is 13.8 Å². The van der Waals surface area contributed by atoms with E-state index < -0.39 is 0 Å². The zero-order chi connectivity index (χ0) is 17.1. The van der Waals surface area contributed by atoms with Gasteiger partial charge in [0.15, 0.2) is 0 Å². The first kappa shape index (κ1) is 16.3. The van der Waals surface area contributed by atoms with Crippen molar-refractivity contribution in [3.63, 3.8) is 0 Å². The van der Waals surface area contributed by atoms with Gasteiger partial charge in [-0.1, -0.05) is 55.3 Å². The van der Waals surface area contributed by atoms with Gasteiger partial charge in [-0.25, -0.2) is 4.68 Å². The van der Waals surface area contributed by atoms with Crippen LogP contribution in [-0.2, 0) is 6.42 Å². The molecule has 0 saturated heterocycles. The van der Waals surface area contributed by atoms with Crippen LogP contribution in [0.4, 0.5) is 0 Å². The molecule has 0 aliphatic rings. The summed E-state index contributed by atoms with van der Waals surface area (Å²) < 4.78 is 1.67. The Bertz CT molecular complexity index is 885. The van der Waals surface area contributed by atoms with E-state index in [4.69, 9.17) is 0 Å². The number of H-pyrrole nitrogens is 1. The predicted molar refractivity (Wildman–Crippen MR) is 99.9 cm³/mol. The molecular formula is C21H24N2O. The average Bonchev–Trinajstić information content (AvgIpc) is 2.90. The Hall–Kier alpha value is -2.55. The van der Waals surface area contributed by atoms with Gasteiger partial charge in [0.1, 0.15) is 0 Å². The summed E-state index contributed by atoms with van der Waals surface area (Å²) >= 11 is 0. The number of unbranched alkanes of at least 4 members (excludes halogenated alkanes) is 1. The summed E-state index contributed by atoms with van der Waals surface area (Å²) in [5.41, 5.74) is 6.05. The fraction of sp³-hybridized carbons (Fsp3) is 0.286. The number of aromatic amines is 1. The molecule has 1 aromatic heterocycles. The standard InChI is InChI=1S/C21H24N2O/c1-4-5-9-19-20(17-12-10-15(2)11-13-17)21(24)23(22-19)18-8-6-7-16(3)14-18/h6-8,10-14,22H,4-5,9H2,1-3H3. The third-order valence-corrected chi connectivity index (χ3v) is 4.35. The minimum absolute atomic E-state index is 0.0237. The number of rotatable bonds is 5. The van der Waals surface area contributed by atoms with Crippen LogP contribution in [0.5, 0.6) is 0 Å². The summed E-state index contributed by atoms with van der Waals surface area (Å²) in [5, 5.41) is 3.35. The van der Waals surface area contributed by atoms with Crippen molar-refractivity contribution in [2.45, 2.75) is 40.0 Å². The van der Waals surface area contributed by atoms with Crippen molar-refractivity contribution in [3.8, 4) is 16.8 Å². The van der Waals surface area contributed by atoms with E-state index in [0.29, 0.717) is 0 Å².